The lowest BCUT2D eigenvalue weighted by molar-refractivity contribution is -0.117. The number of hydrogen-bond acceptors (Lipinski definition) is 4. The van der Waals surface area contributed by atoms with E-state index in [9.17, 15) is 13.2 Å². The molecule has 21 heavy (non-hydrogen) atoms. The first-order chi connectivity index (χ1) is 9.88. The molecular formula is C13H10Cl2N2O3S. The largest absolute Gasteiger partial charge is 0.308 e. The zero-order valence-electron chi connectivity index (χ0n) is 10.7. The first kappa shape index (κ1) is 14.6. The Morgan fingerprint density at radius 2 is 2.00 bits per heavy atom. The van der Waals surface area contributed by atoms with E-state index in [-0.39, 0.29) is 18.9 Å². The average molecular weight is 345 g/mol. The zero-order valence-corrected chi connectivity index (χ0v) is 13.0. The van der Waals surface area contributed by atoms with Gasteiger partial charge in [0.25, 0.3) is 0 Å². The molecule has 1 aromatic heterocycles. The topological polar surface area (TPSA) is 67.3 Å². The fourth-order valence-electron chi connectivity index (χ4n) is 2.38. The highest BCUT2D eigenvalue weighted by molar-refractivity contribution is 8.14. The first-order valence-corrected chi connectivity index (χ1v) is 8.90. The third-order valence-electron chi connectivity index (χ3n) is 3.47. The molecule has 1 aliphatic heterocycles. The normalized spacial score (nSPS) is 19.4. The van der Waals surface area contributed by atoms with Crippen molar-refractivity contribution < 1.29 is 13.2 Å². The van der Waals surface area contributed by atoms with Crippen molar-refractivity contribution in [1.29, 1.82) is 0 Å². The van der Waals surface area contributed by atoms with Crippen molar-refractivity contribution in [2.24, 2.45) is 0 Å². The summed E-state index contributed by atoms with van der Waals surface area (Å²) in [6.45, 7) is -0.00952. The van der Waals surface area contributed by atoms with E-state index in [1.165, 1.54) is 11.1 Å². The van der Waals surface area contributed by atoms with Crippen LogP contribution in [0.1, 0.15) is 6.42 Å². The molecule has 0 bridgehead atoms. The molecule has 1 aromatic carbocycles. The van der Waals surface area contributed by atoms with Crippen LogP contribution in [0.4, 0.5) is 5.69 Å². The fraction of sp³-hybridized carbons (Fsp3) is 0.231. The lowest BCUT2D eigenvalue weighted by Crippen LogP contribution is -2.27. The van der Waals surface area contributed by atoms with Crippen molar-refractivity contribution in [3.63, 3.8) is 0 Å². The molecule has 8 heteroatoms. The average Bonchev–Trinajstić information content (AvgIpc) is 2.82. The van der Waals surface area contributed by atoms with Gasteiger partial charge in [-0.25, -0.2) is 8.42 Å². The van der Waals surface area contributed by atoms with Gasteiger partial charge in [-0.1, -0.05) is 29.8 Å². The van der Waals surface area contributed by atoms with Crippen molar-refractivity contribution in [3.8, 4) is 0 Å². The molecule has 0 radical (unpaired) electrons. The molecule has 2 heterocycles. The number of aromatic nitrogens is 1. The molecule has 0 saturated carbocycles. The number of anilines is 1. The van der Waals surface area contributed by atoms with E-state index in [4.69, 9.17) is 22.3 Å². The van der Waals surface area contributed by atoms with E-state index in [2.05, 4.69) is 4.98 Å². The summed E-state index contributed by atoms with van der Waals surface area (Å²) in [5, 5.41) is 0.164. The monoisotopic (exact) mass is 344 g/mol. The Bertz CT molecular complexity index is 838. The lowest BCUT2D eigenvalue weighted by atomic mass is 10.2. The number of benzene rings is 1. The molecular weight excluding hydrogens is 335 g/mol. The number of carbonyl (C=O) groups excluding carboxylic acids is 1. The first-order valence-electron chi connectivity index (χ1n) is 6.15. The molecule has 1 unspecified atom stereocenters. The number of para-hydroxylation sites is 1. The maximum absolute atomic E-state index is 12.0. The summed E-state index contributed by atoms with van der Waals surface area (Å²) in [7, 11) is 1.55. The van der Waals surface area contributed by atoms with Crippen LogP contribution in [0.5, 0.6) is 0 Å². The van der Waals surface area contributed by atoms with Crippen molar-refractivity contribution in [2.45, 2.75) is 11.7 Å². The quantitative estimate of drug-likeness (QED) is 0.785. The van der Waals surface area contributed by atoms with Crippen molar-refractivity contribution in [1.82, 2.24) is 4.98 Å². The minimum atomic E-state index is -3.79. The van der Waals surface area contributed by atoms with Gasteiger partial charge in [0.2, 0.25) is 15.0 Å². The van der Waals surface area contributed by atoms with Crippen molar-refractivity contribution in [2.75, 3.05) is 11.4 Å². The fourth-order valence-corrected chi connectivity index (χ4v) is 3.72. The Balaban J connectivity index is 2.05. The number of fused-ring (bicyclic) bond motifs is 1. The molecule has 1 fully saturated rings. The van der Waals surface area contributed by atoms with E-state index < -0.39 is 14.3 Å². The number of pyridine rings is 1. The highest BCUT2D eigenvalue weighted by Gasteiger charge is 2.38. The van der Waals surface area contributed by atoms with Gasteiger partial charge in [0, 0.05) is 29.0 Å². The van der Waals surface area contributed by atoms with Crippen LogP contribution >= 0.6 is 22.3 Å². The molecule has 1 saturated heterocycles. The smallest absolute Gasteiger partial charge is 0.237 e. The molecule has 0 aliphatic carbocycles. The summed E-state index contributed by atoms with van der Waals surface area (Å²) in [5.41, 5.74) is 1.11. The molecule has 0 spiro atoms. The second kappa shape index (κ2) is 5.12. The van der Waals surface area contributed by atoms with Crippen LogP contribution in [0.2, 0.25) is 5.02 Å². The minimum Gasteiger partial charge on any atom is -0.308 e. The SMILES string of the molecule is O=C1CC(S(=O)(=O)Cl)CN1c1cnc2ccccc2c1Cl. The van der Waals surface area contributed by atoms with E-state index in [0.29, 0.717) is 21.6 Å². The number of halogens is 2. The lowest BCUT2D eigenvalue weighted by Gasteiger charge is -2.18. The maximum atomic E-state index is 12.0. The van der Waals surface area contributed by atoms with Crippen LogP contribution in [0.25, 0.3) is 10.9 Å². The molecule has 1 atom stereocenters. The molecule has 3 rings (SSSR count). The minimum absolute atomic E-state index is 0.00952. The summed E-state index contributed by atoms with van der Waals surface area (Å²) < 4.78 is 22.8. The number of hydrogen-bond donors (Lipinski definition) is 0. The third kappa shape index (κ3) is 2.59. The second-order valence-corrected chi connectivity index (χ2v) is 8.07. The van der Waals surface area contributed by atoms with Gasteiger partial charge in [0.15, 0.2) is 0 Å². The van der Waals surface area contributed by atoms with Crippen molar-refractivity contribution in [3.05, 3.63) is 35.5 Å². The van der Waals surface area contributed by atoms with E-state index in [0.717, 1.165) is 0 Å². The summed E-state index contributed by atoms with van der Waals surface area (Å²) in [6.07, 6.45) is 1.33. The predicted molar refractivity (Wildman–Crippen MR) is 82.3 cm³/mol. The summed E-state index contributed by atoms with van der Waals surface area (Å²) in [6, 6.07) is 7.26. The van der Waals surface area contributed by atoms with Crippen LogP contribution in [-0.4, -0.2) is 31.1 Å². The highest BCUT2D eigenvalue weighted by atomic mass is 35.7. The number of carbonyl (C=O) groups is 1. The van der Waals surface area contributed by atoms with Crippen LogP contribution in [0, 0.1) is 0 Å². The van der Waals surface area contributed by atoms with Gasteiger partial charge in [-0.3, -0.25) is 9.78 Å². The molecule has 2 aromatic rings. The zero-order chi connectivity index (χ0) is 15.2. The molecule has 110 valence electrons. The van der Waals surface area contributed by atoms with Gasteiger partial charge in [-0.15, -0.1) is 0 Å². The summed E-state index contributed by atoms with van der Waals surface area (Å²) in [5.74, 6) is -0.330. The van der Waals surface area contributed by atoms with Gasteiger partial charge in [0.05, 0.1) is 22.4 Å². The Kier molecular flexibility index (Phi) is 3.55. The van der Waals surface area contributed by atoms with Gasteiger partial charge < -0.3 is 4.90 Å². The van der Waals surface area contributed by atoms with Gasteiger partial charge in [0.1, 0.15) is 5.25 Å². The summed E-state index contributed by atoms with van der Waals surface area (Å²) >= 11 is 6.33. The van der Waals surface area contributed by atoms with Gasteiger partial charge >= 0.3 is 0 Å². The molecule has 1 amide bonds. The van der Waals surface area contributed by atoms with Crippen LogP contribution in [-0.2, 0) is 13.8 Å². The van der Waals surface area contributed by atoms with Crippen LogP contribution in [0.15, 0.2) is 30.5 Å². The van der Waals surface area contributed by atoms with Gasteiger partial charge in [-0.05, 0) is 6.07 Å². The standard InChI is InChI=1S/C13H10Cl2N2O3S/c14-13-9-3-1-2-4-10(9)16-6-11(13)17-7-8(5-12(17)18)21(15,19)20/h1-4,6,8H,5,7H2. The highest BCUT2D eigenvalue weighted by Crippen LogP contribution is 2.35. The Morgan fingerprint density at radius 3 is 2.67 bits per heavy atom. The predicted octanol–water partition coefficient (Wildman–Crippen LogP) is 2.56. The second-order valence-electron chi connectivity index (χ2n) is 4.78. The van der Waals surface area contributed by atoms with E-state index in [1.807, 2.05) is 18.2 Å². The van der Waals surface area contributed by atoms with Crippen LogP contribution in [0.3, 0.4) is 0 Å². The molecule has 0 N–H and O–H groups in total. The van der Waals surface area contributed by atoms with E-state index in [1.54, 1.807) is 6.07 Å². The molecule has 1 aliphatic rings. The van der Waals surface area contributed by atoms with Crippen molar-refractivity contribution >= 4 is 53.8 Å². The van der Waals surface area contributed by atoms with Crippen LogP contribution < -0.4 is 4.90 Å². The van der Waals surface area contributed by atoms with E-state index >= 15 is 0 Å². The Labute approximate surface area is 130 Å². The number of rotatable bonds is 2. The summed E-state index contributed by atoms with van der Waals surface area (Å²) in [4.78, 5) is 17.6. The maximum Gasteiger partial charge on any atom is 0.237 e. The number of nitrogens with zero attached hydrogens (tertiary/aromatic N) is 2. The number of amides is 1. The molecule has 5 nitrogen and oxygen atoms in total. The Morgan fingerprint density at radius 1 is 1.29 bits per heavy atom. The van der Waals surface area contributed by atoms with Gasteiger partial charge in [-0.2, -0.15) is 0 Å². The Hall–Kier alpha value is -1.37. The third-order valence-corrected chi connectivity index (χ3v) is 5.74.